The second-order valence-corrected chi connectivity index (χ2v) is 4.49. The zero-order chi connectivity index (χ0) is 11.9. The van der Waals surface area contributed by atoms with Gasteiger partial charge in [-0.2, -0.15) is 0 Å². The number of nitrogens with one attached hydrogen (secondary N) is 1. The van der Waals surface area contributed by atoms with Crippen molar-refractivity contribution in [3.63, 3.8) is 0 Å². The summed E-state index contributed by atoms with van der Waals surface area (Å²) in [6.07, 6.45) is 1.35. The Kier molecular flexibility index (Phi) is 2.71. The minimum Gasteiger partial charge on any atom is -0.388 e. The second kappa shape index (κ2) is 3.90. The van der Waals surface area contributed by atoms with Crippen molar-refractivity contribution in [2.45, 2.75) is 45.3 Å². The van der Waals surface area contributed by atoms with Gasteiger partial charge in [-0.05, 0) is 33.1 Å². The van der Waals surface area contributed by atoms with E-state index in [1.165, 1.54) is 0 Å². The average Bonchev–Trinajstić information content (AvgIpc) is 2.15. The van der Waals surface area contributed by atoms with Gasteiger partial charge in [-0.3, -0.25) is 14.3 Å². The molecule has 1 unspecified atom stereocenters. The van der Waals surface area contributed by atoms with E-state index in [-0.39, 0.29) is 11.7 Å². The van der Waals surface area contributed by atoms with E-state index in [9.17, 15) is 14.7 Å². The number of hydrogen-bond acceptors (Lipinski definition) is 3. The van der Waals surface area contributed by atoms with Crippen LogP contribution in [0.4, 0.5) is 0 Å². The summed E-state index contributed by atoms with van der Waals surface area (Å²) in [5, 5.41) is 9.80. The van der Waals surface area contributed by atoms with E-state index < -0.39 is 11.7 Å². The first kappa shape index (κ1) is 11.1. The lowest BCUT2D eigenvalue weighted by molar-refractivity contribution is 0.151. The highest BCUT2D eigenvalue weighted by Gasteiger charge is 2.25. The molecule has 0 bridgehead atoms. The quantitative estimate of drug-likeness (QED) is 0.728. The lowest BCUT2D eigenvalue weighted by atomic mass is 9.94. The normalized spacial score (nSPS) is 19.9. The van der Waals surface area contributed by atoms with E-state index in [1.807, 2.05) is 13.8 Å². The standard InChI is InChI=1S/C11H16N2O3/c1-6(2)13-7-4-3-5-8(14)9(7)10(15)12-11(13)16/h6,8,14H,3-5H2,1-2H3,(H,12,15,16). The molecule has 0 aromatic carbocycles. The van der Waals surface area contributed by atoms with E-state index in [4.69, 9.17) is 0 Å². The van der Waals surface area contributed by atoms with Gasteiger partial charge < -0.3 is 5.11 Å². The van der Waals surface area contributed by atoms with E-state index in [1.54, 1.807) is 4.57 Å². The number of nitrogens with zero attached hydrogens (tertiary/aromatic N) is 1. The predicted octanol–water partition coefficient (Wildman–Crippen LogP) is 0.487. The van der Waals surface area contributed by atoms with Crippen LogP contribution in [-0.4, -0.2) is 14.7 Å². The fraction of sp³-hybridized carbons (Fsp3) is 0.636. The number of H-pyrrole nitrogens is 1. The highest BCUT2D eigenvalue weighted by Crippen LogP contribution is 2.26. The number of hydrogen-bond donors (Lipinski definition) is 2. The summed E-state index contributed by atoms with van der Waals surface area (Å²) in [4.78, 5) is 25.6. The van der Waals surface area contributed by atoms with Crippen LogP contribution in [0.1, 0.15) is 50.1 Å². The Balaban J connectivity index is 2.78. The first-order valence-electron chi connectivity index (χ1n) is 5.58. The Morgan fingerprint density at radius 3 is 2.75 bits per heavy atom. The van der Waals surface area contributed by atoms with Gasteiger partial charge in [0.15, 0.2) is 0 Å². The Bertz CT molecular complexity index is 485. The summed E-state index contributed by atoms with van der Waals surface area (Å²) in [5.74, 6) is 0. The van der Waals surface area contributed by atoms with E-state index in [0.29, 0.717) is 24.1 Å². The summed E-state index contributed by atoms with van der Waals surface area (Å²) in [7, 11) is 0. The van der Waals surface area contributed by atoms with Crippen molar-refractivity contribution in [1.82, 2.24) is 9.55 Å². The topological polar surface area (TPSA) is 75.1 Å². The summed E-state index contributed by atoms with van der Waals surface area (Å²) < 4.78 is 1.57. The third-order valence-corrected chi connectivity index (χ3v) is 3.03. The molecule has 0 saturated carbocycles. The Morgan fingerprint density at radius 2 is 2.12 bits per heavy atom. The van der Waals surface area contributed by atoms with Crippen molar-refractivity contribution in [3.8, 4) is 0 Å². The molecule has 1 aromatic heterocycles. The summed E-state index contributed by atoms with van der Waals surface area (Å²) in [6.45, 7) is 3.78. The number of aliphatic hydroxyl groups excluding tert-OH is 1. The molecule has 0 radical (unpaired) electrons. The van der Waals surface area contributed by atoms with Gasteiger partial charge in [0.1, 0.15) is 0 Å². The van der Waals surface area contributed by atoms with Gasteiger partial charge in [0.25, 0.3) is 5.56 Å². The van der Waals surface area contributed by atoms with Crippen molar-refractivity contribution in [1.29, 1.82) is 0 Å². The van der Waals surface area contributed by atoms with Gasteiger partial charge in [-0.1, -0.05) is 0 Å². The van der Waals surface area contributed by atoms with Crippen LogP contribution < -0.4 is 11.2 Å². The molecule has 0 fully saturated rings. The van der Waals surface area contributed by atoms with Crippen LogP contribution in [0.3, 0.4) is 0 Å². The molecule has 0 spiro atoms. The monoisotopic (exact) mass is 224 g/mol. The maximum Gasteiger partial charge on any atom is 0.328 e. The van der Waals surface area contributed by atoms with Crippen molar-refractivity contribution in [2.24, 2.45) is 0 Å². The SMILES string of the molecule is CC(C)n1c2c(c(=O)[nH]c1=O)C(O)CCC2. The fourth-order valence-electron chi connectivity index (χ4n) is 2.36. The predicted molar refractivity (Wildman–Crippen MR) is 59.6 cm³/mol. The molecule has 5 heteroatoms. The van der Waals surface area contributed by atoms with Crippen molar-refractivity contribution < 1.29 is 5.11 Å². The van der Waals surface area contributed by atoms with Crippen LogP contribution in [0.25, 0.3) is 0 Å². The Hall–Kier alpha value is -1.36. The molecular weight excluding hydrogens is 208 g/mol. The van der Waals surface area contributed by atoms with Gasteiger partial charge >= 0.3 is 5.69 Å². The average molecular weight is 224 g/mol. The fourth-order valence-corrected chi connectivity index (χ4v) is 2.36. The largest absolute Gasteiger partial charge is 0.388 e. The summed E-state index contributed by atoms with van der Waals surface area (Å²) in [5.41, 5.74) is 0.249. The molecule has 2 rings (SSSR count). The van der Waals surface area contributed by atoms with Crippen LogP contribution in [-0.2, 0) is 6.42 Å². The molecule has 0 amide bonds. The minimum atomic E-state index is -0.738. The molecule has 0 saturated heterocycles. The number of rotatable bonds is 1. The van der Waals surface area contributed by atoms with Crippen LogP contribution in [0.5, 0.6) is 0 Å². The maximum atomic E-state index is 11.7. The van der Waals surface area contributed by atoms with E-state index in [2.05, 4.69) is 4.98 Å². The molecule has 1 aromatic rings. The Morgan fingerprint density at radius 1 is 1.44 bits per heavy atom. The molecule has 1 aliphatic rings. The van der Waals surface area contributed by atoms with Gasteiger partial charge in [0, 0.05) is 11.7 Å². The molecular formula is C11H16N2O3. The lowest BCUT2D eigenvalue weighted by Crippen LogP contribution is -2.38. The molecule has 16 heavy (non-hydrogen) atoms. The van der Waals surface area contributed by atoms with E-state index >= 15 is 0 Å². The molecule has 2 N–H and O–H groups in total. The van der Waals surface area contributed by atoms with E-state index in [0.717, 1.165) is 6.42 Å². The third-order valence-electron chi connectivity index (χ3n) is 3.03. The lowest BCUT2D eigenvalue weighted by Gasteiger charge is -2.25. The maximum absolute atomic E-state index is 11.7. The second-order valence-electron chi connectivity index (χ2n) is 4.49. The molecule has 1 heterocycles. The zero-order valence-corrected chi connectivity index (χ0v) is 9.49. The number of aromatic nitrogens is 2. The Labute approximate surface area is 92.7 Å². The van der Waals surface area contributed by atoms with Crippen LogP contribution in [0, 0.1) is 0 Å². The zero-order valence-electron chi connectivity index (χ0n) is 9.49. The van der Waals surface area contributed by atoms with Crippen molar-refractivity contribution in [3.05, 3.63) is 32.1 Å². The van der Waals surface area contributed by atoms with Gasteiger partial charge in [0.05, 0.1) is 11.7 Å². The number of aliphatic hydroxyl groups is 1. The van der Waals surface area contributed by atoms with Gasteiger partial charge in [-0.15, -0.1) is 0 Å². The summed E-state index contributed by atoms with van der Waals surface area (Å²) >= 11 is 0. The van der Waals surface area contributed by atoms with Gasteiger partial charge in [0.2, 0.25) is 0 Å². The van der Waals surface area contributed by atoms with Crippen LogP contribution >= 0.6 is 0 Å². The molecule has 0 aliphatic heterocycles. The first-order valence-corrected chi connectivity index (χ1v) is 5.58. The third kappa shape index (κ3) is 1.61. The molecule has 1 aliphatic carbocycles. The van der Waals surface area contributed by atoms with Crippen molar-refractivity contribution >= 4 is 0 Å². The smallest absolute Gasteiger partial charge is 0.328 e. The minimum absolute atomic E-state index is 0.0107. The highest BCUT2D eigenvalue weighted by molar-refractivity contribution is 5.23. The van der Waals surface area contributed by atoms with Crippen LogP contribution in [0.15, 0.2) is 9.59 Å². The molecule has 5 nitrogen and oxygen atoms in total. The molecule has 88 valence electrons. The summed E-state index contributed by atoms with van der Waals surface area (Å²) in [6, 6.07) is -0.0107. The van der Waals surface area contributed by atoms with Crippen molar-refractivity contribution in [2.75, 3.05) is 0 Å². The molecule has 1 atom stereocenters. The first-order chi connectivity index (χ1) is 7.52. The number of fused-ring (bicyclic) bond motifs is 1. The van der Waals surface area contributed by atoms with Crippen LogP contribution in [0.2, 0.25) is 0 Å². The number of aromatic amines is 1. The highest BCUT2D eigenvalue weighted by atomic mass is 16.3. The van der Waals surface area contributed by atoms with Gasteiger partial charge in [-0.25, -0.2) is 4.79 Å².